The molecule has 0 aliphatic carbocycles. The first-order chi connectivity index (χ1) is 11.1. The summed E-state index contributed by atoms with van der Waals surface area (Å²) in [5.74, 6) is 2.49. The van der Waals surface area contributed by atoms with Crippen LogP contribution in [0.1, 0.15) is 5.82 Å². The lowest BCUT2D eigenvalue weighted by molar-refractivity contribution is -0.128. The van der Waals surface area contributed by atoms with Crippen molar-refractivity contribution in [2.24, 2.45) is 0 Å². The number of hydrogen-bond donors (Lipinski definition) is 1. The van der Waals surface area contributed by atoms with E-state index < -0.39 is 0 Å². The van der Waals surface area contributed by atoms with Crippen LogP contribution < -0.4 is 9.47 Å². The monoisotopic (exact) mass is 334 g/mol. The Morgan fingerprint density at radius 3 is 2.96 bits per heavy atom. The lowest BCUT2D eigenvalue weighted by atomic mass is 10.2. The zero-order valence-corrected chi connectivity index (χ0v) is 13.8. The molecular formula is C15H18N4O3S. The number of aryl methyl sites for hydroxylation is 1. The Bertz CT molecular complexity index is 691. The van der Waals surface area contributed by atoms with Gasteiger partial charge in [0.1, 0.15) is 12.4 Å². The Morgan fingerprint density at radius 2 is 2.22 bits per heavy atom. The van der Waals surface area contributed by atoms with E-state index in [-0.39, 0.29) is 17.8 Å². The molecule has 1 aliphatic rings. The minimum absolute atomic E-state index is 0.0000818. The van der Waals surface area contributed by atoms with E-state index in [0.717, 1.165) is 17.3 Å². The van der Waals surface area contributed by atoms with E-state index >= 15 is 0 Å². The number of hydrogen-bond acceptors (Lipinski definition) is 6. The van der Waals surface area contributed by atoms with E-state index in [1.807, 2.05) is 31.2 Å². The average molecular weight is 334 g/mol. The summed E-state index contributed by atoms with van der Waals surface area (Å²) in [6.45, 7) is 2.73. The van der Waals surface area contributed by atoms with Crippen LogP contribution >= 0.6 is 11.8 Å². The van der Waals surface area contributed by atoms with Crippen molar-refractivity contribution in [3.8, 4) is 11.5 Å². The maximum absolute atomic E-state index is 12.2. The van der Waals surface area contributed by atoms with Gasteiger partial charge in [-0.3, -0.25) is 9.89 Å². The maximum Gasteiger partial charge on any atom is 0.232 e. The Hall–Kier alpha value is -2.22. The maximum atomic E-state index is 12.2. The molecule has 0 unspecified atom stereocenters. The summed E-state index contributed by atoms with van der Waals surface area (Å²) in [5.41, 5.74) is 0. The van der Waals surface area contributed by atoms with Gasteiger partial charge in [-0.15, -0.1) is 5.10 Å². The quantitative estimate of drug-likeness (QED) is 0.835. The van der Waals surface area contributed by atoms with Crippen molar-refractivity contribution in [1.29, 1.82) is 0 Å². The van der Waals surface area contributed by atoms with Crippen LogP contribution in [0.4, 0.5) is 0 Å². The van der Waals surface area contributed by atoms with E-state index in [1.54, 1.807) is 11.9 Å². The summed E-state index contributed by atoms with van der Waals surface area (Å²) in [7, 11) is 1.76. The minimum Gasteiger partial charge on any atom is -0.486 e. The molecule has 7 nitrogen and oxygen atoms in total. The number of likely N-dealkylation sites (N-methyl/N-ethyl adjacent to an activating group) is 1. The molecule has 0 bridgehead atoms. The zero-order chi connectivity index (χ0) is 16.2. The van der Waals surface area contributed by atoms with Gasteiger partial charge in [-0.05, 0) is 19.1 Å². The summed E-state index contributed by atoms with van der Waals surface area (Å²) in [6, 6.07) is 7.54. The summed E-state index contributed by atoms with van der Waals surface area (Å²) >= 11 is 1.31. The van der Waals surface area contributed by atoms with Crippen molar-refractivity contribution in [2.45, 2.75) is 18.2 Å². The summed E-state index contributed by atoms with van der Waals surface area (Å²) in [6.07, 6.45) is -0.172. The molecule has 0 saturated carbocycles. The highest BCUT2D eigenvalue weighted by Gasteiger charge is 2.23. The Morgan fingerprint density at radius 1 is 1.43 bits per heavy atom. The molecule has 23 heavy (non-hydrogen) atoms. The SMILES string of the molecule is Cc1nc(SCC(=O)N(C)C[C@@H]2COc3ccccc3O2)n[nH]1. The van der Waals surface area contributed by atoms with Gasteiger partial charge in [-0.25, -0.2) is 4.98 Å². The molecule has 8 heteroatoms. The van der Waals surface area contributed by atoms with Gasteiger partial charge in [-0.2, -0.15) is 0 Å². The number of H-pyrrole nitrogens is 1. The zero-order valence-electron chi connectivity index (χ0n) is 13.0. The molecule has 0 fully saturated rings. The highest BCUT2D eigenvalue weighted by atomic mass is 32.2. The second kappa shape index (κ2) is 6.91. The Kier molecular flexibility index (Phi) is 4.71. The molecule has 3 rings (SSSR count). The molecule has 0 saturated heterocycles. The number of aromatic amines is 1. The van der Waals surface area contributed by atoms with Crippen LogP contribution in [0.15, 0.2) is 29.4 Å². The van der Waals surface area contributed by atoms with Crippen molar-refractivity contribution in [3.63, 3.8) is 0 Å². The van der Waals surface area contributed by atoms with E-state index in [0.29, 0.717) is 18.3 Å². The van der Waals surface area contributed by atoms with Crippen LogP contribution in [-0.4, -0.2) is 58.0 Å². The number of rotatable bonds is 5. The first kappa shape index (κ1) is 15.7. The first-order valence-corrected chi connectivity index (χ1v) is 8.24. The van der Waals surface area contributed by atoms with Crippen LogP contribution in [0.3, 0.4) is 0 Å². The number of fused-ring (bicyclic) bond motifs is 1. The fourth-order valence-corrected chi connectivity index (χ4v) is 2.97. The number of nitrogens with one attached hydrogen (secondary N) is 1. The number of benzene rings is 1. The van der Waals surface area contributed by atoms with Gasteiger partial charge in [0, 0.05) is 7.05 Å². The van der Waals surface area contributed by atoms with Crippen LogP contribution in [0.25, 0.3) is 0 Å². The molecule has 0 spiro atoms. The van der Waals surface area contributed by atoms with E-state index in [1.165, 1.54) is 11.8 Å². The largest absolute Gasteiger partial charge is 0.486 e. The Balaban J connectivity index is 1.49. The molecule has 1 amide bonds. The van der Waals surface area contributed by atoms with Crippen molar-refractivity contribution >= 4 is 17.7 Å². The van der Waals surface area contributed by atoms with Crippen LogP contribution in [0.5, 0.6) is 11.5 Å². The second-order valence-electron chi connectivity index (χ2n) is 5.26. The molecule has 1 N–H and O–H groups in total. The molecule has 2 heterocycles. The molecule has 1 aromatic heterocycles. The molecule has 1 atom stereocenters. The first-order valence-electron chi connectivity index (χ1n) is 7.26. The fourth-order valence-electron chi connectivity index (χ4n) is 2.18. The molecule has 1 aliphatic heterocycles. The number of ether oxygens (including phenoxy) is 2. The number of amides is 1. The van der Waals surface area contributed by atoms with E-state index in [4.69, 9.17) is 9.47 Å². The topological polar surface area (TPSA) is 80.3 Å². The highest BCUT2D eigenvalue weighted by molar-refractivity contribution is 7.99. The second-order valence-corrected chi connectivity index (χ2v) is 6.21. The molecule has 122 valence electrons. The predicted molar refractivity (Wildman–Crippen MR) is 85.8 cm³/mol. The molecule has 2 aromatic rings. The average Bonchev–Trinajstić information content (AvgIpc) is 2.98. The van der Waals surface area contributed by atoms with Gasteiger partial charge in [-0.1, -0.05) is 23.9 Å². The number of carbonyl (C=O) groups excluding carboxylic acids is 1. The lowest BCUT2D eigenvalue weighted by Gasteiger charge is -2.29. The third-order valence-corrected chi connectivity index (χ3v) is 4.20. The predicted octanol–water partition coefficient (Wildman–Crippen LogP) is 1.50. The number of aromatic nitrogens is 3. The van der Waals surface area contributed by atoms with Crippen LogP contribution in [-0.2, 0) is 4.79 Å². The minimum atomic E-state index is -0.172. The lowest BCUT2D eigenvalue weighted by Crippen LogP contribution is -2.42. The van der Waals surface area contributed by atoms with E-state index in [9.17, 15) is 4.79 Å². The van der Waals surface area contributed by atoms with Gasteiger partial charge in [0.05, 0.1) is 12.3 Å². The van der Waals surface area contributed by atoms with Crippen molar-refractivity contribution < 1.29 is 14.3 Å². The smallest absolute Gasteiger partial charge is 0.232 e. The summed E-state index contributed by atoms with van der Waals surface area (Å²) in [5, 5.41) is 7.33. The van der Waals surface area contributed by atoms with Gasteiger partial charge < -0.3 is 14.4 Å². The Labute approximate surface area is 138 Å². The number of nitrogens with zero attached hydrogens (tertiary/aromatic N) is 3. The van der Waals surface area contributed by atoms with Gasteiger partial charge in [0.25, 0.3) is 0 Å². The van der Waals surface area contributed by atoms with Crippen LogP contribution in [0.2, 0.25) is 0 Å². The van der Waals surface area contributed by atoms with E-state index in [2.05, 4.69) is 15.2 Å². The third kappa shape index (κ3) is 3.95. The molecule has 1 aromatic carbocycles. The number of carbonyl (C=O) groups is 1. The molecular weight excluding hydrogens is 316 g/mol. The fraction of sp³-hybridized carbons (Fsp3) is 0.400. The molecule has 0 radical (unpaired) electrons. The van der Waals surface area contributed by atoms with Gasteiger partial charge in [0.15, 0.2) is 17.6 Å². The van der Waals surface area contributed by atoms with Crippen LogP contribution in [0, 0.1) is 6.92 Å². The standard InChI is InChI=1S/C15H18N4O3S/c1-10-16-15(18-17-10)23-9-14(20)19(2)7-11-8-21-12-5-3-4-6-13(12)22-11/h3-6,11H,7-9H2,1-2H3,(H,16,17,18)/t11-/m1/s1. The highest BCUT2D eigenvalue weighted by Crippen LogP contribution is 2.30. The third-order valence-electron chi connectivity index (χ3n) is 3.37. The normalized spacial score (nSPS) is 16.2. The number of para-hydroxylation sites is 2. The number of thioether (sulfide) groups is 1. The van der Waals surface area contributed by atoms with Gasteiger partial charge in [0.2, 0.25) is 11.1 Å². The van der Waals surface area contributed by atoms with Crippen molar-refractivity contribution in [3.05, 3.63) is 30.1 Å². The van der Waals surface area contributed by atoms with Crippen molar-refractivity contribution in [1.82, 2.24) is 20.1 Å². The van der Waals surface area contributed by atoms with Crippen molar-refractivity contribution in [2.75, 3.05) is 26.0 Å². The summed E-state index contributed by atoms with van der Waals surface area (Å²) in [4.78, 5) is 18.0. The van der Waals surface area contributed by atoms with Gasteiger partial charge >= 0.3 is 0 Å². The summed E-state index contributed by atoms with van der Waals surface area (Å²) < 4.78 is 11.5.